The largest absolute Gasteiger partial charge is 0.483 e. The number of hydrogen-bond donors (Lipinski definition) is 1. The van der Waals surface area contributed by atoms with Crippen LogP contribution in [0, 0.1) is 30.9 Å². The highest BCUT2D eigenvalue weighted by Crippen LogP contribution is 2.25. The summed E-state index contributed by atoms with van der Waals surface area (Å²) in [5.41, 5.74) is 5.53. The molecule has 1 amide bonds. The molecule has 0 saturated heterocycles. The number of rotatable bonds is 6. The number of hydrazone groups is 1. The fourth-order valence-electron chi connectivity index (χ4n) is 2.25. The number of ether oxygens (including phenoxy) is 1. The predicted octanol–water partition coefficient (Wildman–Crippen LogP) is 3.05. The van der Waals surface area contributed by atoms with E-state index in [9.17, 15) is 14.9 Å². The molecule has 0 saturated carbocycles. The molecule has 2 rings (SSSR count). The van der Waals surface area contributed by atoms with Crippen molar-refractivity contribution in [2.45, 2.75) is 20.8 Å². The Morgan fingerprint density at radius 1 is 1.20 bits per heavy atom. The van der Waals surface area contributed by atoms with E-state index in [1.165, 1.54) is 12.3 Å². The van der Waals surface area contributed by atoms with Crippen LogP contribution in [0.2, 0.25) is 0 Å². The van der Waals surface area contributed by atoms with Gasteiger partial charge in [-0.15, -0.1) is 0 Å². The summed E-state index contributed by atoms with van der Waals surface area (Å²) in [6, 6.07) is 10.1. The Kier molecular flexibility index (Phi) is 5.84. The van der Waals surface area contributed by atoms with E-state index < -0.39 is 10.8 Å². The number of carbonyl (C=O) groups is 1. The van der Waals surface area contributed by atoms with Gasteiger partial charge in [0.25, 0.3) is 11.6 Å². The van der Waals surface area contributed by atoms with E-state index in [0.29, 0.717) is 11.3 Å². The average molecular weight is 341 g/mol. The molecule has 0 aliphatic rings. The highest BCUT2D eigenvalue weighted by atomic mass is 16.6. The lowest BCUT2D eigenvalue weighted by atomic mass is 10.1. The first-order valence-electron chi connectivity index (χ1n) is 7.65. The van der Waals surface area contributed by atoms with Gasteiger partial charge in [-0.05, 0) is 43.5 Å². The number of nitro benzene ring substituents is 1. The molecule has 25 heavy (non-hydrogen) atoms. The van der Waals surface area contributed by atoms with E-state index >= 15 is 0 Å². The predicted molar refractivity (Wildman–Crippen MR) is 95.0 cm³/mol. The van der Waals surface area contributed by atoms with Gasteiger partial charge in [-0.25, -0.2) is 5.43 Å². The van der Waals surface area contributed by atoms with Crippen LogP contribution in [0.25, 0.3) is 0 Å². The van der Waals surface area contributed by atoms with E-state index in [-0.39, 0.29) is 12.3 Å². The van der Waals surface area contributed by atoms with E-state index in [0.717, 1.165) is 16.7 Å². The first-order valence-corrected chi connectivity index (χ1v) is 7.65. The van der Waals surface area contributed by atoms with Gasteiger partial charge in [0.15, 0.2) is 6.61 Å². The summed E-state index contributed by atoms with van der Waals surface area (Å²) in [5.74, 6) is 0.230. The minimum atomic E-state index is -0.504. The zero-order chi connectivity index (χ0) is 18.4. The van der Waals surface area contributed by atoms with E-state index in [4.69, 9.17) is 4.74 Å². The second-order valence-corrected chi connectivity index (χ2v) is 5.55. The van der Waals surface area contributed by atoms with Crippen LogP contribution in [0.1, 0.15) is 22.3 Å². The third-order valence-corrected chi connectivity index (χ3v) is 3.75. The summed E-state index contributed by atoms with van der Waals surface area (Å²) in [5, 5.41) is 14.7. The molecule has 0 aliphatic heterocycles. The van der Waals surface area contributed by atoms with Gasteiger partial charge in [-0.1, -0.05) is 24.3 Å². The smallest absolute Gasteiger partial charge is 0.278 e. The maximum atomic E-state index is 11.8. The summed E-state index contributed by atoms with van der Waals surface area (Å²) >= 11 is 0. The van der Waals surface area contributed by atoms with Crippen molar-refractivity contribution in [2.24, 2.45) is 5.10 Å². The number of para-hydroxylation sites is 1. The van der Waals surface area contributed by atoms with Crippen molar-refractivity contribution >= 4 is 17.8 Å². The van der Waals surface area contributed by atoms with Crippen molar-refractivity contribution in [1.82, 2.24) is 5.43 Å². The number of nitrogens with one attached hydrogen (secondary N) is 1. The van der Waals surface area contributed by atoms with Gasteiger partial charge in [0.2, 0.25) is 0 Å². The van der Waals surface area contributed by atoms with Crippen LogP contribution < -0.4 is 10.2 Å². The normalized spacial score (nSPS) is 10.7. The third kappa shape index (κ3) is 4.63. The summed E-state index contributed by atoms with van der Waals surface area (Å²) in [7, 11) is 0. The van der Waals surface area contributed by atoms with Crippen molar-refractivity contribution in [3.05, 3.63) is 68.8 Å². The molecular formula is C18H19N3O4. The number of amides is 1. The van der Waals surface area contributed by atoms with Crippen molar-refractivity contribution in [2.75, 3.05) is 6.61 Å². The number of aryl methyl sites for hydroxylation is 2. The molecule has 0 fully saturated rings. The molecule has 0 bridgehead atoms. The van der Waals surface area contributed by atoms with Crippen LogP contribution in [0.5, 0.6) is 5.75 Å². The van der Waals surface area contributed by atoms with Crippen molar-refractivity contribution in [3.63, 3.8) is 0 Å². The van der Waals surface area contributed by atoms with Crippen LogP contribution >= 0.6 is 0 Å². The summed E-state index contributed by atoms with van der Waals surface area (Å²) in [4.78, 5) is 22.3. The second-order valence-electron chi connectivity index (χ2n) is 5.55. The minimum Gasteiger partial charge on any atom is -0.483 e. The Labute approximate surface area is 145 Å². The number of benzene rings is 2. The fourth-order valence-corrected chi connectivity index (χ4v) is 2.25. The number of nitrogens with zero attached hydrogens (tertiary/aromatic N) is 2. The molecule has 1 N–H and O–H groups in total. The molecule has 0 aliphatic carbocycles. The van der Waals surface area contributed by atoms with Crippen molar-refractivity contribution in [3.8, 4) is 5.75 Å². The molecular weight excluding hydrogens is 322 g/mol. The Morgan fingerprint density at radius 3 is 2.60 bits per heavy atom. The molecule has 0 unspecified atom stereocenters. The first kappa shape index (κ1) is 18.1. The van der Waals surface area contributed by atoms with Crippen LogP contribution in [-0.4, -0.2) is 23.7 Å². The third-order valence-electron chi connectivity index (χ3n) is 3.75. The van der Waals surface area contributed by atoms with Gasteiger partial charge in [-0.3, -0.25) is 14.9 Å². The summed E-state index contributed by atoms with van der Waals surface area (Å²) < 4.78 is 5.58. The first-order chi connectivity index (χ1) is 11.9. The van der Waals surface area contributed by atoms with Crippen LogP contribution in [0.3, 0.4) is 0 Å². The highest BCUT2D eigenvalue weighted by molar-refractivity contribution is 5.86. The number of carbonyl (C=O) groups excluding carboxylic acids is 1. The quantitative estimate of drug-likeness (QED) is 0.496. The maximum Gasteiger partial charge on any atom is 0.278 e. The number of nitro groups is 1. The molecule has 0 spiro atoms. The molecule has 2 aromatic carbocycles. The average Bonchev–Trinajstić information content (AvgIpc) is 2.58. The zero-order valence-electron chi connectivity index (χ0n) is 14.3. The summed E-state index contributed by atoms with van der Waals surface area (Å²) in [6.45, 7) is 5.62. The summed E-state index contributed by atoms with van der Waals surface area (Å²) in [6.07, 6.45) is 1.24. The molecule has 7 nitrogen and oxygen atoms in total. The molecule has 0 heterocycles. The van der Waals surface area contributed by atoms with Gasteiger partial charge < -0.3 is 4.74 Å². The lowest BCUT2D eigenvalue weighted by Gasteiger charge is -2.13. The second kappa shape index (κ2) is 8.05. The highest BCUT2D eigenvalue weighted by Gasteiger charge is 2.11. The fraction of sp³-hybridized carbons (Fsp3) is 0.222. The topological polar surface area (TPSA) is 93.8 Å². The Balaban J connectivity index is 1.96. The molecule has 0 aromatic heterocycles. The van der Waals surface area contributed by atoms with Gasteiger partial charge in [-0.2, -0.15) is 5.10 Å². The Morgan fingerprint density at radius 2 is 1.88 bits per heavy atom. The van der Waals surface area contributed by atoms with Crippen molar-refractivity contribution in [1.29, 1.82) is 0 Å². The lowest BCUT2D eigenvalue weighted by Crippen LogP contribution is -2.25. The van der Waals surface area contributed by atoms with Crippen molar-refractivity contribution < 1.29 is 14.5 Å². The number of hydrogen-bond acceptors (Lipinski definition) is 5. The zero-order valence-corrected chi connectivity index (χ0v) is 14.3. The standard InChI is InChI=1S/C18H19N3O4/c1-12-8-9-13(2)18(14(12)3)25-11-17(22)20-19-10-15-6-4-5-7-16(15)21(23)24/h4-10H,11H2,1-3H3,(H,20,22)/b19-10+. The molecule has 0 radical (unpaired) electrons. The SMILES string of the molecule is Cc1ccc(C)c(OCC(=O)N/N=C/c2ccccc2[N+](=O)[O-])c1C. The van der Waals surface area contributed by atoms with Crippen LogP contribution in [-0.2, 0) is 4.79 Å². The van der Waals surface area contributed by atoms with Gasteiger partial charge in [0, 0.05) is 6.07 Å². The monoisotopic (exact) mass is 341 g/mol. The van der Waals surface area contributed by atoms with E-state index in [2.05, 4.69) is 10.5 Å². The van der Waals surface area contributed by atoms with E-state index in [1.807, 2.05) is 32.9 Å². The van der Waals surface area contributed by atoms with Crippen LogP contribution in [0.4, 0.5) is 5.69 Å². The van der Waals surface area contributed by atoms with Gasteiger partial charge in [0.1, 0.15) is 5.75 Å². The van der Waals surface area contributed by atoms with Crippen LogP contribution in [0.15, 0.2) is 41.5 Å². The molecule has 130 valence electrons. The maximum absolute atomic E-state index is 11.8. The molecule has 2 aromatic rings. The van der Waals surface area contributed by atoms with Gasteiger partial charge >= 0.3 is 0 Å². The Bertz CT molecular complexity index is 831. The Hall–Kier alpha value is -3.22. The lowest BCUT2D eigenvalue weighted by molar-refractivity contribution is -0.385. The minimum absolute atomic E-state index is 0.0808. The van der Waals surface area contributed by atoms with Gasteiger partial charge in [0.05, 0.1) is 16.7 Å². The molecule has 7 heteroatoms. The molecule has 0 atom stereocenters. The van der Waals surface area contributed by atoms with E-state index in [1.54, 1.807) is 18.2 Å².